The summed E-state index contributed by atoms with van der Waals surface area (Å²) in [4.78, 5) is 16.1. The van der Waals surface area contributed by atoms with Gasteiger partial charge in [0.15, 0.2) is 0 Å². The van der Waals surface area contributed by atoms with Crippen LogP contribution in [-0.4, -0.2) is 37.3 Å². The Morgan fingerprint density at radius 3 is 3.33 bits per heavy atom. The van der Waals surface area contributed by atoms with Gasteiger partial charge in [0.2, 0.25) is 5.91 Å². The zero-order chi connectivity index (χ0) is 12.8. The maximum absolute atomic E-state index is 11.7. The number of rotatable bonds is 6. The summed E-state index contributed by atoms with van der Waals surface area (Å²) in [6, 6.07) is 0. The average molecular weight is 270 g/mol. The van der Waals surface area contributed by atoms with Crippen LogP contribution in [0.15, 0.2) is 5.38 Å². The van der Waals surface area contributed by atoms with Crippen molar-refractivity contribution in [1.29, 1.82) is 0 Å². The number of hydrogen-bond donors (Lipinski definition) is 1. The van der Waals surface area contributed by atoms with Crippen LogP contribution in [0.25, 0.3) is 0 Å². The zero-order valence-corrected chi connectivity index (χ0v) is 11.3. The van der Waals surface area contributed by atoms with Crippen LogP contribution in [0.4, 0.5) is 0 Å². The molecule has 1 aromatic heterocycles. The molecule has 1 saturated heterocycles. The van der Waals surface area contributed by atoms with E-state index < -0.39 is 0 Å². The van der Waals surface area contributed by atoms with Crippen LogP contribution in [-0.2, 0) is 27.3 Å². The van der Waals surface area contributed by atoms with E-state index in [0.717, 1.165) is 30.0 Å². The van der Waals surface area contributed by atoms with Gasteiger partial charge in [-0.2, -0.15) is 0 Å². The first-order chi connectivity index (χ1) is 8.79. The molecule has 1 N–H and O–H groups in total. The van der Waals surface area contributed by atoms with Gasteiger partial charge in [0, 0.05) is 32.1 Å². The second-order valence-electron chi connectivity index (χ2n) is 4.21. The van der Waals surface area contributed by atoms with Gasteiger partial charge in [0.25, 0.3) is 0 Å². The topological polar surface area (TPSA) is 60.5 Å². The molecule has 18 heavy (non-hydrogen) atoms. The zero-order valence-electron chi connectivity index (χ0n) is 10.5. The van der Waals surface area contributed by atoms with Gasteiger partial charge in [0.1, 0.15) is 11.1 Å². The summed E-state index contributed by atoms with van der Waals surface area (Å²) in [5.41, 5.74) is 1.000. The monoisotopic (exact) mass is 270 g/mol. The minimum atomic E-state index is -0.246. The van der Waals surface area contributed by atoms with Gasteiger partial charge in [-0.25, -0.2) is 4.98 Å². The number of amides is 1. The van der Waals surface area contributed by atoms with E-state index in [1.54, 1.807) is 18.4 Å². The molecular weight excluding hydrogens is 252 g/mol. The number of carbonyl (C=O) groups is 1. The number of methoxy groups -OCH3 is 1. The van der Waals surface area contributed by atoms with Crippen molar-refractivity contribution in [2.24, 2.45) is 0 Å². The minimum absolute atomic E-state index is 0.000144. The Hall–Kier alpha value is -0.980. The molecule has 0 aliphatic carbocycles. The molecule has 1 aliphatic rings. The van der Waals surface area contributed by atoms with Crippen molar-refractivity contribution in [1.82, 2.24) is 10.3 Å². The van der Waals surface area contributed by atoms with Gasteiger partial charge in [0.05, 0.1) is 12.3 Å². The van der Waals surface area contributed by atoms with E-state index in [4.69, 9.17) is 9.47 Å². The number of nitrogens with zero attached hydrogens (tertiary/aromatic N) is 1. The van der Waals surface area contributed by atoms with Crippen LogP contribution in [0.1, 0.15) is 23.5 Å². The number of carbonyl (C=O) groups excluding carboxylic acids is 1. The molecular formula is C12H18N2O3S. The van der Waals surface area contributed by atoms with E-state index >= 15 is 0 Å². The van der Waals surface area contributed by atoms with Crippen molar-refractivity contribution in [3.05, 3.63) is 16.1 Å². The fraction of sp³-hybridized carbons (Fsp3) is 0.667. The standard InChI is InChI=1S/C12H18N2O3S/c1-16-7-11-14-9(8-18-11)4-5-13-12(15)10-3-2-6-17-10/h8,10H,2-7H2,1H3,(H,13,15). The van der Waals surface area contributed by atoms with Crippen LogP contribution in [0.3, 0.4) is 0 Å². The Balaban J connectivity index is 1.69. The molecule has 6 heteroatoms. The third-order valence-electron chi connectivity index (χ3n) is 2.77. The van der Waals surface area contributed by atoms with E-state index in [1.807, 2.05) is 5.38 Å². The third-order valence-corrected chi connectivity index (χ3v) is 3.64. The van der Waals surface area contributed by atoms with Crippen LogP contribution >= 0.6 is 11.3 Å². The van der Waals surface area contributed by atoms with Crippen LogP contribution in [0.2, 0.25) is 0 Å². The summed E-state index contributed by atoms with van der Waals surface area (Å²) in [6.07, 6.45) is 2.31. The molecule has 5 nitrogen and oxygen atoms in total. The average Bonchev–Trinajstić information content (AvgIpc) is 3.00. The Kier molecular flexibility index (Phi) is 5.10. The van der Waals surface area contributed by atoms with E-state index in [9.17, 15) is 4.79 Å². The molecule has 1 amide bonds. The van der Waals surface area contributed by atoms with Gasteiger partial charge in [-0.05, 0) is 12.8 Å². The lowest BCUT2D eigenvalue weighted by Gasteiger charge is -2.09. The lowest BCUT2D eigenvalue weighted by Crippen LogP contribution is -2.35. The fourth-order valence-corrected chi connectivity index (χ4v) is 2.66. The predicted molar refractivity (Wildman–Crippen MR) is 68.5 cm³/mol. The molecule has 2 rings (SSSR count). The Morgan fingerprint density at radius 2 is 2.61 bits per heavy atom. The van der Waals surface area contributed by atoms with Gasteiger partial charge >= 0.3 is 0 Å². The second-order valence-corrected chi connectivity index (χ2v) is 5.15. The van der Waals surface area contributed by atoms with Gasteiger partial charge in [-0.15, -0.1) is 11.3 Å². The molecule has 1 atom stereocenters. The van der Waals surface area contributed by atoms with E-state index in [-0.39, 0.29) is 12.0 Å². The van der Waals surface area contributed by atoms with Crippen molar-refractivity contribution in [2.75, 3.05) is 20.3 Å². The molecule has 0 aromatic carbocycles. The van der Waals surface area contributed by atoms with Gasteiger partial charge in [-0.1, -0.05) is 0 Å². The number of hydrogen-bond acceptors (Lipinski definition) is 5. The van der Waals surface area contributed by atoms with Crippen LogP contribution < -0.4 is 5.32 Å². The van der Waals surface area contributed by atoms with Crippen molar-refractivity contribution in [3.8, 4) is 0 Å². The maximum atomic E-state index is 11.7. The number of thiazole rings is 1. The first kappa shape index (κ1) is 13.5. The van der Waals surface area contributed by atoms with Crippen LogP contribution in [0, 0.1) is 0 Å². The first-order valence-electron chi connectivity index (χ1n) is 6.11. The SMILES string of the molecule is COCc1nc(CCNC(=O)C2CCCO2)cs1. The normalized spacial score (nSPS) is 19.1. The molecule has 0 radical (unpaired) electrons. The second kappa shape index (κ2) is 6.82. The molecule has 2 heterocycles. The fourth-order valence-electron chi connectivity index (χ4n) is 1.87. The molecule has 1 fully saturated rings. The van der Waals surface area contributed by atoms with Gasteiger partial charge in [-0.3, -0.25) is 4.79 Å². The largest absolute Gasteiger partial charge is 0.378 e. The van der Waals surface area contributed by atoms with Crippen molar-refractivity contribution in [2.45, 2.75) is 32.0 Å². The highest BCUT2D eigenvalue weighted by atomic mass is 32.1. The highest BCUT2D eigenvalue weighted by Crippen LogP contribution is 2.12. The van der Waals surface area contributed by atoms with Gasteiger partial charge < -0.3 is 14.8 Å². The summed E-state index contributed by atoms with van der Waals surface area (Å²) in [6.45, 7) is 1.85. The highest BCUT2D eigenvalue weighted by molar-refractivity contribution is 7.09. The predicted octanol–water partition coefficient (Wildman–Crippen LogP) is 1.13. The summed E-state index contributed by atoms with van der Waals surface area (Å²) in [7, 11) is 1.66. The smallest absolute Gasteiger partial charge is 0.249 e. The van der Waals surface area contributed by atoms with E-state index in [0.29, 0.717) is 19.8 Å². The lowest BCUT2D eigenvalue weighted by atomic mass is 10.2. The summed E-state index contributed by atoms with van der Waals surface area (Å²) < 4.78 is 10.3. The first-order valence-corrected chi connectivity index (χ1v) is 6.99. The molecule has 1 aliphatic heterocycles. The molecule has 0 saturated carbocycles. The summed E-state index contributed by atoms with van der Waals surface area (Å²) in [5, 5.41) is 5.86. The van der Waals surface area contributed by atoms with Crippen molar-refractivity contribution < 1.29 is 14.3 Å². The van der Waals surface area contributed by atoms with Crippen molar-refractivity contribution >= 4 is 17.2 Å². The number of ether oxygens (including phenoxy) is 2. The Morgan fingerprint density at radius 1 is 1.72 bits per heavy atom. The number of aromatic nitrogens is 1. The molecule has 100 valence electrons. The molecule has 0 bridgehead atoms. The van der Waals surface area contributed by atoms with E-state index in [2.05, 4.69) is 10.3 Å². The Bertz CT molecular complexity index is 388. The van der Waals surface area contributed by atoms with E-state index in [1.165, 1.54) is 0 Å². The minimum Gasteiger partial charge on any atom is -0.378 e. The molecule has 1 aromatic rings. The Labute approximate surface area is 111 Å². The third kappa shape index (κ3) is 3.76. The quantitative estimate of drug-likeness (QED) is 0.841. The summed E-state index contributed by atoms with van der Waals surface area (Å²) in [5.74, 6) is -0.000144. The molecule has 0 spiro atoms. The van der Waals surface area contributed by atoms with Crippen LogP contribution in [0.5, 0.6) is 0 Å². The number of nitrogens with one attached hydrogen (secondary N) is 1. The lowest BCUT2D eigenvalue weighted by molar-refractivity contribution is -0.129. The van der Waals surface area contributed by atoms with Crippen molar-refractivity contribution in [3.63, 3.8) is 0 Å². The summed E-state index contributed by atoms with van der Waals surface area (Å²) >= 11 is 1.58. The highest BCUT2D eigenvalue weighted by Gasteiger charge is 2.22. The molecule has 1 unspecified atom stereocenters. The maximum Gasteiger partial charge on any atom is 0.249 e.